The molecular formula is C19H27N3O2. The predicted molar refractivity (Wildman–Crippen MR) is 93.9 cm³/mol. The van der Waals surface area contributed by atoms with Gasteiger partial charge in [-0.15, -0.1) is 0 Å². The van der Waals surface area contributed by atoms with E-state index in [9.17, 15) is 0 Å². The number of rotatable bonds is 6. The second-order valence-corrected chi connectivity index (χ2v) is 6.66. The maximum absolute atomic E-state index is 5.75. The van der Waals surface area contributed by atoms with Gasteiger partial charge in [-0.3, -0.25) is 9.58 Å². The molecule has 1 aromatic carbocycles. The highest BCUT2D eigenvalue weighted by molar-refractivity contribution is 5.30. The maximum Gasteiger partial charge on any atom is 0.118 e. The third-order valence-electron chi connectivity index (χ3n) is 4.53. The van der Waals surface area contributed by atoms with Crippen molar-refractivity contribution in [2.45, 2.75) is 46.1 Å². The Labute approximate surface area is 144 Å². The first-order chi connectivity index (χ1) is 11.6. The minimum Gasteiger partial charge on any atom is -0.497 e. The Balaban J connectivity index is 1.67. The summed E-state index contributed by atoms with van der Waals surface area (Å²) in [6.07, 6.45) is 1.27. The number of ether oxygens (including phenoxy) is 2. The highest BCUT2D eigenvalue weighted by atomic mass is 16.5. The lowest BCUT2D eigenvalue weighted by molar-refractivity contribution is 0.0627. The molecule has 0 bridgehead atoms. The number of hydrogen-bond acceptors (Lipinski definition) is 4. The maximum atomic E-state index is 5.75. The summed E-state index contributed by atoms with van der Waals surface area (Å²) < 4.78 is 13.0. The number of aromatic nitrogens is 2. The van der Waals surface area contributed by atoms with Crippen molar-refractivity contribution in [1.82, 2.24) is 14.7 Å². The molecule has 1 aromatic heterocycles. The highest BCUT2D eigenvalue weighted by Gasteiger charge is 2.23. The van der Waals surface area contributed by atoms with E-state index in [1.807, 2.05) is 23.9 Å². The molecule has 0 saturated heterocycles. The summed E-state index contributed by atoms with van der Waals surface area (Å²) in [6.45, 7) is 7.68. The lowest BCUT2D eigenvalue weighted by atomic mass is 10.0. The molecule has 0 N–H and O–H groups in total. The first-order valence-corrected chi connectivity index (χ1v) is 8.57. The molecule has 2 aromatic rings. The molecular weight excluding hydrogens is 302 g/mol. The fourth-order valence-corrected chi connectivity index (χ4v) is 3.20. The Morgan fingerprint density at radius 2 is 1.96 bits per heavy atom. The Morgan fingerprint density at radius 1 is 1.21 bits per heavy atom. The predicted octanol–water partition coefficient (Wildman–Crippen LogP) is 2.91. The van der Waals surface area contributed by atoms with Gasteiger partial charge in [0.1, 0.15) is 5.75 Å². The third-order valence-corrected chi connectivity index (χ3v) is 4.53. The van der Waals surface area contributed by atoms with Crippen LogP contribution in [0.25, 0.3) is 0 Å². The zero-order chi connectivity index (χ0) is 17.1. The van der Waals surface area contributed by atoms with Gasteiger partial charge in [-0.05, 0) is 38.0 Å². The second kappa shape index (κ2) is 7.36. The van der Waals surface area contributed by atoms with Crippen molar-refractivity contribution in [1.29, 1.82) is 0 Å². The molecule has 0 radical (unpaired) electrons. The van der Waals surface area contributed by atoms with Crippen LogP contribution in [-0.2, 0) is 37.9 Å². The van der Waals surface area contributed by atoms with Gasteiger partial charge in [0.05, 0.1) is 31.2 Å². The Bertz CT molecular complexity index is 677. The monoisotopic (exact) mass is 329 g/mol. The normalized spacial score (nSPS) is 14.9. The van der Waals surface area contributed by atoms with Crippen LogP contribution in [0.15, 0.2) is 24.3 Å². The first-order valence-electron chi connectivity index (χ1n) is 8.57. The van der Waals surface area contributed by atoms with E-state index in [1.54, 1.807) is 7.11 Å². The summed E-state index contributed by atoms with van der Waals surface area (Å²) in [7, 11) is 3.73. The lowest BCUT2D eigenvalue weighted by Crippen LogP contribution is -2.31. The molecule has 130 valence electrons. The van der Waals surface area contributed by atoms with Crippen molar-refractivity contribution >= 4 is 0 Å². The lowest BCUT2D eigenvalue weighted by Gasteiger charge is -2.27. The van der Waals surface area contributed by atoms with Crippen LogP contribution < -0.4 is 4.74 Å². The van der Waals surface area contributed by atoms with Crippen molar-refractivity contribution in [2.24, 2.45) is 7.05 Å². The molecule has 0 atom stereocenters. The van der Waals surface area contributed by atoms with E-state index >= 15 is 0 Å². The zero-order valence-electron chi connectivity index (χ0n) is 15.1. The first kappa shape index (κ1) is 17.0. The third kappa shape index (κ3) is 3.79. The number of aryl methyl sites for hydroxylation is 1. The van der Waals surface area contributed by atoms with E-state index in [2.05, 4.69) is 36.0 Å². The fraction of sp³-hybridized carbons (Fsp3) is 0.526. The Hall–Kier alpha value is -1.85. The van der Waals surface area contributed by atoms with Crippen LogP contribution in [-0.4, -0.2) is 34.4 Å². The molecule has 0 saturated carbocycles. The van der Waals surface area contributed by atoms with Crippen LogP contribution in [0.3, 0.4) is 0 Å². The average Bonchev–Trinajstić information content (AvgIpc) is 2.89. The minimum absolute atomic E-state index is 0.234. The van der Waals surface area contributed by atoms with E-state index in [0.29, 0.717) is 6.61 Å². The summed E-state index contributed by atoms with van der Waals surface area (Å²) in [5.74, 6) is 0.904. The minimum atomic E-state index is 0.234. The van der Waals surface area contributed by atoms with E-state index in [1.165, 1.54) is 16.8 Å². The fourth-order valence-electron chi connectivity index (χ4n) is 3.20. The van der Waals surface area contributed by atoms with Gasteiger partial charge in [0.15, 0.2) is 0 Å². The van der Waals surface area contributed by atoms with Gasteiger partial charge < -0.3 is 9.47 Å². The van der Waals surface area contributed by atoms with Crippen LogP contribution in [0.5, 0.6) is 5.75 Å². The number of nitrogens with zero attached hydrogens (tertiary/aromatic N) is 3. The highest BCUT2D eigenvalue weighted by Crippen LogP contribution is 2.24. The van der Waals surface area contributed by atoms with Crippen molar-refractivity contribution in [3.8, 4) is 5.75 Å². The van der Waals surface area contributed by atoms with Crippen LogP contribution in [0.1, 0.15) is 36.4 Å². The topological polar surface area (TPSA) is 39.5 Å². The van der Waals surface area contributed by atoms with Crippen molar-refractivity contribution in [3.63, 3.8) is 0 Å². The number of methoxy groups -OCH3 is 1. The molecule has 5 heteroatoms. The summed E-state index contributed by atoms with van der Waals surface area (Å²) >= 11 is 0. The molecule has 2 heterocycles. The Morgan fingerprint density at radius 3 is 2.62 bits per heavy atom. The number of benzene rings is 1. The molecule has 0 spiro atoms. The largest absolute Gasteiger partial charge is 0.497 e. The molecule has 0 amide bonds. The van der Waals surface area contributed by atoms with Crippen molar-refractivity contribution in [3.05, 3.63) is 46.8 Å². The number of fused-ring (bicyclic) bond motifs is 1. The SMILES string of the molecule is COc1ccc(CN2CCc3c(COC(C)C)nn(C)c3C2)cc1. The van der Waals surface area contributed by atoms with Gasteiger partial charge in [-0.1, -0.05) is 12.1 Å². The van der Waals surface area contributed by atoms with Crippen molar-refractivity contribution < 1.29 is 9.47 Å². The standard InChI is InChI=1S/C19H27N3O2/c1-14(2)24-13-18-17-9-10-22(12-19(17)21(3)20-18)11-15-5-7-16(23-4)8-6-15/h5-8,14H,9-13H2,1-4H3. The number of hydrogen-bond donors (Lipinski definition) is 0. The van der Waals surface area contributed by atoms with Gasteiger partial charge in [0.2, 0.25) is 0 Å². The summed E-state index contributed by atoms with van der Waals surface area (Å²) in [5, 5.41) is 4.68. The van der Waals surface area contributed by atoms with Crippen LogP contribution in [0.2, 0.25) is 0 Å². The quantitative estimate of drug-likeness (QED) is 0.817. The van der Waals surface area contributed by atoms with Crippen LogP contribution in [0.4, 0.5) is 0 Å². The van der Waals surface area contributed by atoms with E-state index < -0.39 is 0 Å². The molecule has 3 rings (SSSR count). The van der Waals surface area contributed by atoms with Gasteiger partial charge in [0.25, 0.3) is 0 Å². The van der Waals surface area contributed by atoms with E-state index in [0.717, 1.165) is 37.5 Å². The Kier molecular flexibility index (Phi) is 5.21. The average molecular weight is 329 g/mol. The molecule has 1 aliphatic rings. The molecule has 0 aliphatic carbocycles. The second-order valence-electron chi connectivity index (χ2n) is 6.66. The summed E-state index contributed by atoms with van der Waals surface area (Å²) in [4.78, 5) is 2.47. The van der Waals surface area contributed by atoms with E-state index in [-0.39, 0.29) is 6.10 Å². The zero-order valence-corrected chi connectivity index (χ0v) is 15.1. The summed E-state index contributed by atoms with van der Waals surface area (Å²) in [5.41, 5.74) is 5.11. The summed E-state index contributed by atoms with van der Waals surface area (Å²) in [6, 6.07) is 8.32. The molecule has 0 unspecified atom stereocenters. The van der Waals surface area contributed by atoms with Crippen molar-refractivity contribution in [2.75, 3.05) is 13.7 Å². The molecule has 5 nitrogen and oxygen atoms in total. The van der Waals surface area contributed by atoms with Gasteiger partial charge in [-0.2, -0.15) is 5.10 Å². The van der Waals surface area contributed by atoms with E-state index in [4.69, 9.17) is 9.47 Å². The van der Waals surface area contributed by atoms with Crippen LogP contribution >= 0.6 is 0 Å². The smallest absolute Gasteiger partial charge is 0.118 e. The molecule has 0 fully saturated rings. The van der Waals surface area contributed by atoms with Crippen LogP contribution in [0, 0.1) is 0 Å². The molecule has 24 heavy (non-hydrogen) atoms. The van der Waals surface area contributed by atoms with Gasteiger partial charge in [0, 0.05) is 32.2 Å². The van der Waals surface area contributed by atoms with Gasteiger partial charge >= 0.3 is 0 Å². The molecule has 1 aliphatic heterocycles. The van der Waals surface area contributed by atoms with Gasteiger partial charge in [-0.25, -0.2) is 0 Å².